The summed E-state index contributed by atoms with van der Waals surface area (Å²) in [5.41, 5.74) is 0.592. The highest BCUT2D eigenvalue weighted by atomic mass is 79.9. The van der Waals surface area contributed by atoms with E-state index >= 15 is 0 Å². The van der Waals surface area contributed by atoms with Crippen LogP contribution < -0.4 is 0 Å². The summed E-state index contributed by atoms with van der Waals surface area (Å²) in [6.45, 7) is 1.63. The Labute approximate surface area is 132 Å². The second-order valence-corrected chi connectivity index (χ2v) is 5.97. The van der Waals surface area contributed by atoms with Crippen LogP contribution in [0.4, 0.5) is 5.69 Å². The third-order valence-corrected chi connectivity index (χ3v) is 4.65. The van der Waals surface area contributed by atoms with Crippen LogP contribution in [0.15, 0.2) is 44.9 Å². The number of rotatable bonds is 4. The van der Waals surface area contributed by atoms with E-state index in [1.807, 2.05) is 0 Å². The Kier molecular flexibility index (Phi) is 4.59. The Balaban J connectivity index is 2.44. The zero-order chi connectivity index (χ0) is 15.6. The summed E-state index contributed by atoms with van der Waals surface area (Å²) in [5.74, 6) is -1.07. The quantitative estimate of drug-likeness (QED) is 0.649. The van der Waals surface area contributed by atoms with Crippen LogP contribution >= 0.6 is 27.7 Å². The lowest BCUT2D eigenvalue weighted by molar-refractivity contribution is -0.385. The van der Waals surface area contributed by atoms with Gasteiger partial charge in [0.05, 0.1) is 10.5 Å². The van der Waals surface area contributed by atoms with E-state index in [1.54, 1.807) is 19.1 Å². The second kappa shape index (κ2) is 6.23. The van der Waals surface area contributed by atoms with Crippen molar-refractivity contribution < 1.29 is 14.8 Å². The van der Waals surface area contributed by atoms with E-state index in [0.717, 1.165) is 11.8 Å². The molecular weight excluding hydrogens is 360 g/mol. The molecule has 0 amide bonds. The van der Waals surface area contributed by atoms with Crippen LogP contribution in [0.2, 0.25) is 0 Å². The van der Waals surface area contributed by atoms with Crippen LogP contribution in [0.3, 0.4) is 0 Å². The van der Waals surface area contributed by atoms with E-state index in [9.17, 15) is 14.9 Å². The third-order valence-electron chi connectivity index (χ3n) is 2.66. The van der Waals surface area contributed by atoms with E-state index < -0.39 is 10.9 Å². The maximum atomic E-state index is 11.2. The number of nitro groups is 1. The molecule has 0 unspecified atom stereocenters. The van der Waals surface area contributed by atoms with Crippen molar-refractivity contribution in [2.45, 2.75) is 16.8 Å². The zero-order valence-electron chi connectivity index (χ0n) is 10.7. The summed E-state index contributed by atoms with van der Waals surface area (Å²) in [4.78, 5) is 26.3. The summed E-state index contributed by atoms with van der Waals surface area (Å²) < 4.78 is 0.520. The monoisotopic (exact) mass is 368 g/mol. The summed E-state index contributed by atoms with van der Waals surface area (Å²) >= 11 is 4.41. The predicted octanol–water partition coefficient (Wildman–Crippen LogP) is 3.91. The average molecular weight is 369 g/mol. The van der Waals surface area contributed by atoms with Gasteiger partial charge in [-0.2, -0.15) is 0 Å². The molecule has 1 N–H and O–H groups in total. The first-order valence-electron chi connectivity index (χ1n) is 5.71. The van der Waals surface area contributed by atoms with Crippen molar-refractivity contribution >= 4 is 39.3 Å². The lowest BCUT2D eigenvalue weighted by atomic mass is 10.2. The number of aryl methyl sites for hydroxylation is 1. The highest BCUT2D eigenvalue weighted by Gasteiger charge is 2.17. The van der Waals surface area contributed by atoms with Gasteiger partial charge in [0.15, 0.2) is 0 Å². The molecule has 2 rings (SSSR count). The lowest BCUT2D eigenvalue weighted by Gasteiger charge is -2.07. The molecule has 0 fully saturated rings. The van der Waals surface area contributed by atoms with E-state index in [4.69, 9.17) is 5.11 Å². The molecule has 0 aliphatic rings. The molecule has 6 nitrogen and oxygen atoms in total. The van der Waals surface area contributed by atoms with Crippen LogP contribution in [-0.2, 0) is 0 Å². The number of carbonyl (C=O) groups is 1. The minimum Gasteiger partial charge on any atom is -0.478 e. The number of pyridine rings is 1. The molecule has 0 aliphatic heterocycles. The molecule has 1 aromatic heterocycles. The molecule has 21 heavy (non-hydrogen) atoms. The summed E-state index contributed by atoms with van der Waals surface area (Å²) in [6.07, 6.45) is 1.50. The maximum Gasteiger partial charge on any atom is 0.338 e. The maximum absolute atomic E-state index is 11.2. The molecule has 1 aromatic carbocycles. The number of nitrogens with zero attached hydrogens (tertiary/aromatic N) is 2. The molecule has 0 spiro atoms. The lowest BCUT2D eigenvalue weighted by Crippen LogP contribution is -2.00. The first-order valence-corrected chi connectivity index (χ1v) is 7.32. The highest BCUT2D eigenvalue weighted by molar-refractivity contribution is 9.10. The molecule has 8 heteroatoms. The van der Waals surface area contributed by atoms with Crippen LogP contribution in [0.5, 0.6) is 0 Å². The molecule has 0 aliphatic carbocycles. The van der Waals surface area contributed by atoms with E-state index in [1.165, 1.54) is 18.3 Å². The summed E-state index contributed by atoms with van der Waals surface area (Å²) in [6, 6.07) is 6.04. The van der Waals surface area contributed by atoms with Gasteiger partial charge < -0.3 is 5.11 Å². The Morgan fingerprint density at radius 3 is 2.81 bits per heavy atom. The van der Waals surface area contributed by atoms with Crippen LogP contribution in [0.1, 0.15) is 15.9 Å². The number of hydrogen-bond acceptors (Lipinski definition) is 5. The molecule has 0 saturated heterocycles. The van der Waals surface area contributed by atoms with Crippen LogP contribution in [0.25, 0.3) is 0 Å². The highest BCUT2D eigenvalue weighted by Crippen LogP contribution is 2.37. The molecule has 0 bridgehead atoms. The van der Waals surface area contributed by atoms with Crippen LogP contribution in [-0.4, -0.2) is 21.0 Å². The molecule has 1 heterocycles. The van der Waals surface area contributed by atoms with Gasteiger partial charge in [-0.3, -0.25) is 10.1 Å². The minimum atomic E-state index is -1.07. The van der Waals surface area contributed by atoms with Crippen LogP contribution in [0, 0.1) is 17.0 Å². The number of carboxylic acid groups (broad SMARTS) is 1. The van der Waals surface area contributed by atoms with Gasteiger partial charge in [-0.05, 0) is 41.1 Å². The number of carboxylic acids is 1. The normalized spacial score (nSPS) is 10.4. The first-order chi connectivity index (χ1) is 9.90. The number of halogens is 1. The number of aromatic nitrogens is 1. The fourth-order valence-electron chi connectivity index (χ4n) is 1.66. The average Bonchev–Trinajstić information content (AvgIpc) is 2.42. The molecule has 0 saturated carbocycles. The number of aromatic carboxylic acids is 1. The fraction of sp³-hybridized carbons (Fsp3) is 0.0769. The predicted molar refractivity (Wildman–Crippen MR) is 80.9 cm³/mol. The fourth-order valence-corrected chi connectivity index (χ4v) is 3.21. The number of hydrogen-bond donors (Lipinski definition) is 1. The van der Waals surface area contributed by atoms with Gasteiger partial charge in [-0.1, -0.05) is 11.8 Å². The number of nitro benzene ring substituents is 1. The van der Waals surface area contributed by atoms with Gasteiger partial charge in [0, 0.05) is 27.2 Å². The largest absolute Gasteiger partial charge is 0.478 e. The van der Waals surface area contributed by atoms with Crippen molar-refractivity contribution in [3.63, 3.8) is 0 Å². The van der Waals surface area contributed by atoms with Gasteiger partial charge in [-0.15, -0.1) is 0 Å². The van der Waals surface area contributed by atoms with Gasteiger partial charge in [0.25, 0.3) is 5.69 Å². The van der Waals surface area contributed by atoms with Gasteiger partial charge in [-0.25, -0.2) is 9.78 Å². The SMILES string of the molecule is Cc1cc(Sc2ncccc2C(=O)O)c(Br)cc1[N+](=O)[O-]. The smallest absolute Gasteiger partial charge is 0.338 e. The number of benzene rings is 1. The Morgan fingerprint density at radius 2 is 2.19 bits per heavy atom. The van der Waals surface area contributed by atoms with Crippen molar-refractivity contribution in [1.82, 2.24) is 4.98 Å². The standard InChI is InChI=1S/C13H9BrN2O4S/c1-7-5-11(9(14)6-10(7)16(19)20)21-12-8(13(17)18)3-2-4-15-12/h2-6H,1H3,(H,17,18). The molecular formula is C13H9BrN2O4S. The van der Waals surface area contributed by atoms with Crippen molar-refractivity contribution in [2.75, 3.05) is 0 Å². The van der Waals surface area contributed by atoms with Gasteiger partial charge in [0.2, 0.25) is 0 Å². The van der Waals surface area contributed by atoms with Crippen molar-refractivity contribution in [2.24, 2.45) is 0 Å². The van der Waals surface area contributed by atoms with E-state index in [0.29, 0.717) is 20.0 Å². The van der Waals surface area contributed by atoms with Crippen molar-refractivity contribution in [3.05, 3.63) is 56.2 Å². The Morgan fingerprint density at radius 1 is 1.48 bits per heavy atom. The third kappa shape index (κ3) is 3.40. The summed E-state index contributed by atoms with van der Waals surface area (Å²) in [5, 5.41) is 20.3. The molecule has 0 radical (unpaired) electrons. The van der Waals surface area contributed by atoms with Crippen molar-refractivity contribution in [1.29, 1.82) is 0 Å². The molecule has 108 valence electrons. The first kappa shape index (κ1) is 15.5. The minimum absolute atomic E-state index is 0.00528. The van der Waals surface area contributed by atoms with Gasteiger partial charge in [0.1, 0.15) is 5.03 Å². The second-order valence-electron chi connectivity index (χ2n) is 4.09. The van der Waals surface area contributed by atoms with Gasteiger partial charge >= 0.3 is 5.97 Å². The molecule has 2 aromatic rings. The Bertz CT molecular complexity index is 736. The zero-order valence-corrected chi connectivity index (χ0v) is 13.1. The van der Waals surface area contributed by atoms with E-state index in [-0.39, 0.29) is 11.3 Å². The van der Waals surface area contributed by atoms with Crippen molar-refractivity contribution in [3.8, 4) is 0 Å². The topological polar surface area (TPSA) is 93.3 Å². The Hall–Kier alpha value is -1.93. The summed E-state index contributed by atoms with van der Waals surface area (Å²) in [7, 11) is 0. The molecule has 0 atom stereocenters. The van der Waals surface area contributed by atoms with E-state index in [2.05, 4.69) is 20.9 Å².